The van der Waals surface area contributed by atoms with Crippen molar-refractivity contribution < 1.29 is 9.53 Å². The zero-order chi connectivity index (χ0) is 9.80. The molecule has 14 heavy (non-hydrogen) atoms. The van der Waals surface area contributed by atoms with Crippen molar-refractivity contribution in [2.75, 3.05) is 6.54 Å². The van der Waals surface area contributed by atoms with E-state index in [1.807, 2.05) is 30.3 Å². The van der Waals surface area contributed by atoms with Crippen LogP contribution in [0, 0.1) is 0 Å². The Hall–Kier alpha value is -1.35. The molecule has 1 aliphatic rings. The fourth-order valence-corrected chi connectivity index (χ4v) is 1.48. The Bertz CT molecular complexity index is 310. The lowest BCUT2D eigenvalue weighted by molar-refractivity contribution is -0.119. The van der Waals surface area contributed by atoms with Gasteiger partial charge in [0, 0.05) is 6.54 Å². The number of ether oxygens (including phenoxy) is 1. The van der Waals surface area contributed by atoms with Gasteiger partial charge in [0.05, 0.1) is 19.1 Å². The number of carbonyl (C=O) groups is 1. The first-order chi connectivity index (χ1) is 6.84. The van der Waals surface area contributed by atoms with Gasteiger partial charge >= 0.3 is 0 Å². The molecule has 3 heteroatoms. The van der Waals surface area contributed by atoms with E-state index in [1.54, 1.807) is 0 Å². The van der Waals surface area contributed by atoms with Crippen LogP contribution in [-0.2, 0) is 16.1 Å². The summed E-state index contributed by atoms with van der Waals surface area (Å²) in [5.41, 5.74) is 1.15. The zero-order valence-electron chi connectivity index (χ0n) is 7.90. The molecule has 1 N–H and O–H groups in total. The van der Waals surface area contributed by atoms with E-state index in [-0.39, 0.29) is 12.0 Å². The Labute approximate surface area is 83.1 Å². The van der Waals surface area contributed by atoms with E-state index >= 15 is 0 Å². The monoisotopic (exact) mass is 191 g/mol. The van der Waals surface area contributed by atoms with Crippen molar-refractivity contribution in [2.45, 2.75) is 19.1 Å². The molecule has 1 atom stereocenters. The summed E-state index contributed by atoms with van der Waals surface area (Å²) in [5.74, 6) is 0.0862. The summed E-state index contributed by atoms with van der Waals surface area (Å²) in [5, 5.41) is 2.74. The highest BCUT2D eigenvalue weighted by Gasteiger charge is 2.21. The lowest BCUT2D eigenvalue weighted by Gasteiger charge is -2.08. The van der Waals surface area contributed by atoms with Crippen LogP contribution >= 0.6 is 0 Å². The van der Waals surface area contributed by atoms with Crippen molar-refractivity contribution in [3.05, 3.63) is 35.9 Å². The second-order valence-electron chi connectivity index (χ2n) is 3.43. The van der Waals surface area contributed by atoms with Gasteiger partial charge < -0.3 is 10.1 Å². The molecular formula is C11H13NO2. The van der Waals surface area contributed by atoms with Crippen molar-refractivity contribution in [1.82, 2.24) is 5.32 Å². The van der Waals surface area contributed by atoms with Crippen LogP contribution < -0.4 is 5.32 Å². The maximum atomic E-state index is 10.9. The number of hydrogen-bond donors (Lipinski definition) is 1. The average Bonchev–Trinajstić information content (AvgIpc) is 2.63. The minimum absolute atomic E-state index is 0.0442. The van der Waals surface area contributed by atoms with Crippen LogP contribution in [0.5, 0.6) is 0 Å². The molecule has 3 nitrogen and oxygen atoms in total. The number of nitrogens with one attached hydrogen (secondary N) is 1. The van der Waals surface area contributed by atoms with E-state index in [9.17, 15) is 4.79 Å². The van der Waals surface area contributed by atoms with Gasteiger partial charge in [-0.3, -0.25) is 4.79 Å². The molecule has 2 rings (SSSR count). The van der Waals surface area contributed by atoms with E-state index in [1.165, 1.54) is 0 Å². The summed E-state index contributed by atoms with van der Waals surface area (Å²) in [4.78, 5) is 10.9. The van der Waals surface area contributed by atoms with Crippen LogP contribution in [0.1, 0.15) is 12.0 Å². The van der Waals surface area contributed by atoms with Crippen molar-refractivity contribution in [1.29, 1.82) is 0 Å². The molecule has 74 valence electrons. The maximum Gasteiger partial charge on any atom is 0.222 e. The van der Waals surface area contributed by atoms with Gasteiger partial charge in [0.1, 0.15) is 0 Å². The largest absolute Gasteiger partial charge is 0.371 e. The first kappa shape index (κ1) is 9.21. The van der Waals surface area contributed by atoms with E-state index in [4.69, 9.17) is 4.74 Å². The molecule has 1 aromatic carbocycles. The molecule has 1 fully saturated rings. The minimum atomic E-state index is 0.0442. The van der Waals surface area contributed by atoms with E-state index in [0.717, 1.165) is 5.56 Å². The molecule has 1 aromatic rings. The standard InChI is InChI=1S/C11H13NO2/c13-11-6-10(7-12-11)14-8-9-4-2-1-3-5-9/h1-5,10H,6-8H2,(H,12,13)/t10-/m1/s1. The zero-order valence-corrected chi connectivity index (χ0v) is 7.90. The highest BCUT2D eigenvalue weighted by molar-refractivity contribution is 5.78. The third kappa shape index (κ3) is 2.33. The van der Waals surface area contributed by atoms with Crippen LogP contribution in [0.4, 0.5) is 0 Å². The van der Waals surface area contributed by atoms with E-state index in [0.29, 0.717) is 19.6 Å². The Morgan fingerprint density at radius 3 is 2.79 bits per heavy atom. The Kier molecular flexibility index (Phi) is 2.79. The molecule has 1 amide bonds. The predicted molar refractivity (Wildman–Crippen MR) is 52.6 cm³/mol. The molecule has 0 bridgehead atoms. The number of benzene rings is 1. The summed E-state index contributed by atoms with van der Waals surface area (Å²) in [6.45, 7) is 1.23. The average molecular weight is 191 g/mol. The number of hydrogen-bond acceptors (Lipinski definition) is 2. The molecule has 1 aliphatic heterocycles. The molecule has 0 spiro atoms. The fraction of sp³-hybridized carbons (Fsp3) is 0.364. The van der Waals surface area contributed by atoms with Crippen molar-refractivity contribution in [2.24, 2.45) is 0 Å². The van der Waals surface area contributed by atoms with Gasteiger partial charge in [0.15, 0.2) is 0 Å². The third-order valence-electron chi connectivity index (χ3n) is 2.27. The van der Waals surface area contributed by atoms with Crippen LogP contribution in [0.3, 0.4) is 0 Å². The summed E-state index contributed by atoms with van der Waals surface area (Å²) in [6.07, 6.45) is 0.537. The Morgan fingerprint density at radius 1 is 1.36 bits per heavy atom. The van der Waals surface area contributed by atoms with Gasteiger partial charge in [-0.2, -0.15) is 0 Å². The van der Waals surface area contributed by atoms with Gasteiger partial charge in [-0.25, -0.2) is 0 Å². The summed E-state index contributed by atoms with van der Waals surface area (Å²) in [7, 11) is 0. The van der Waals surface area contributed by atoms with Crippen LogP contribution in [-0.4, -0.2) is 18.6 Å². The molecule has 1 heterocycles. The molecule has 0 saturated carbocycles. The predicted octanol–water partition coefficient (Wildman–Crippen LogP) is 1.09. The highest BCUT2D eigenvalue weighted by Crippen LogP contribution is 2.08. The summed E-state index contributed by atoms with van der Waals surface area (Å²) < 4.78 is 5.58. The van der Waals surface area contributed by atoms with E-state index < -0.39 is 0 Å². The van der Waals surface area contributed by atoms with Gasteiger partial charge in [0.2, 0.25) is 5.91 Å². The number of rotatable bonds is 3. The third-order valence-corrected chi connectivity index (χ3v) is 2.27. The summed E-state index contributed by atoms with van der Waals surface area (Å²) >= 11 is 0. The first-order valence-electron chi connectivity index (χ1n) is 4.77. The van der Waals surface area contributed by atoms with E-state index in [2.05, 4.69) is 5.32 Å². The molecule has 0 aromatic heterocycles. The SMILES string of the molecule is O=C1C[C@@H](OCc2ccccc2)CN1. The lowest BCUT2D eigenvalue weighted by atomic mass is 10.2. The molecular weight excluding hydrogens is 178 g/mol. The minimum Gasteiger partial charge on any atom is -0.371 e. The smallest absolute Gasteiger partial charge is 0.222 e. The lowest BCUT2D eigenvalue weighted by Crippen LogP contribution is -2.17. The van der Waals surface area contributed by atoms with Crippen LogP contribution in [0.2, 0.25) is 0 Å². The molecule has 0 aliphatic carbocycles. The number of carbonyl (C=O) groups excluding carboxylic acids is 1. The van der Waals surface area contributed by atoms with Crippen molar-refractivity contribution >= 4 is 5.91 Å². The fourth-order valence-electron chi connectivity index (χ4n) is 1.48. The Morgan fingerprint density at radius 2 is 2.14 bits per heavy atom. The van der Waals surface area contributed by atoms with Gasteiger partial charge in [-0.15, -0.1) is 0 Å². The quantitative estimate of drug-likeness (QED) is 0.776. The second kappa shape index (κ2) is 4.24. The van der Waals surface area contributed by atoms with Crippen LogP contribution in [0.25, 0.3) is 0 Å². The topological polar surface area (TPSA) is 38.3 Å². The maximum absolute atomic E-state index is 10.9. The van der Waals surface area contributed by atoms with Crippen molar-refractivity contribution in [3.63, 3.8) is 0 Å². The normalized spacial score (nSPS) is 20.9. The molecule has 0 radical (unpaired) electrons. The first-order valence-corrected chi connectivity index (χ1v) is 4.77. The Balaban J connectivity index is 1.80. The van der Waals surface area contributed by atoms with Gasteiger partial charge in [-0.05, 0) is 5.56 Å². The molecule has 0 unspecified atom stereocenters. The second-order valence-corrected chi connectivity index (χ2v) is 3.43. The number of amides is 1. The van der Waals surface area contributed by atoms with Gasteiger partial charge in [0.25, 0.3) is 0 Å². The summed E-state index contributed by atoms with van der Waals surface area (Å²) in [6, 6.07) is 9.98. The molecule has 1 saturated heterocycles. The highest BCUT2D eigenvalue weighted by atomic mass is 16.5. The van der Waals surface area contributed by atoms with Gasteiger partial charge in [-0.1, -0.05) is 30.3 Å². The van der Waals surface area contributed by atoms with Crippen LogP contribution in [0.15, 0.2) is 30.3 Å². The van der Waals surface area contributed by atoms with Crippen molar-refractivity contribution in [3.8, 4) is 0 Å².